The average molecular weight is 609 g/mol. The van der Waals surface area contributed by atoms with Gasteiger partial charge in [0.1, 0.15) is 12.7 Å². The highest BCUT2D eigenvalue weighted by molar-refractivity contribution is 7.47. The van der Waals surface area contributed by atoms with Crippen LogP contribution in [0.25, 0.3) is 0 Å². The Balaban J connectivity index is 4.46. The minimum Gasteiger partial charge on any atom is -0.462 e. The number of phosphoric acid groups is 1. The quantitative estimate of drug-likeness (QED) is 0.0369. The van der Waals surface area contributed by atoms with Gasteiger partial charge in [0.2, 0.25) is 0 Å². The number of esters is 2. The molecule has 0 aromatic carbocycles. The number of rotatable bonds is 29. The lowest BCUT2D eigenvalue weighted by atomic mass is 10.1. The minimum absolute atomic E-state index is 0.183. The molecule has 0 bridgehead atoms. The average Bonchev–Trinajstić information content (AvgIpc) is 2.95. The first kappa shape index (κ1) is 39.7. The summed E-state index contributed by atoms with van der Waals surface area (Å²) in [5.74, 6) is -0.945. The summed E-state index contributed by atoms with van der Waals surface area (Å²) in [6, 6.07) is 0. The van der Waals surface area contributed by atoms with Crippen LogP contribution in [0.4, 0.5) is 0 Å². The van der Waals surface area contributed by atoms with Crippen molar-refractivity contribution in [1.29, 1.82) is 0 Å². The molecule has 0 aliphatic carbocycles. The van der Waals surface area contributed by atoms with E-state index in [1.807, 2.05) is 0 Å². The number of hydrogen-bond acceptors (Lipinski definition) is 9. The Morgan fingerprint density at radius 3 is 1.83 bits per heavy atom. The van der Waals surface area contributed by atoms with Crippen LogP contribution < -0.4 is 0 Å². The molecule has 41 heavy (non-hydrogen) atoms. The van der Waals surface area contributed by atoms with Crippen LogP contribution in [0.2, 0.25) is 0 Å². The van der Waals surface area contributed by atoms with Gasteiger partial charge in [-0.25, -0.2) is 4.57 Å². The van der Waals surface area contributed by atoms with E-state index in [9.17, 15) is 24.2 Å². The van der Waals surface area contributed by atoms with Crippen LogP contribution in [-0.2, 0) is 32.7 Å². The lowest BCUT2D eigenvalue weighted by Crippen LogP contribution is -2.29. The monoisotopic (exact) mass is 608 g/mol. The standard InChI is InChI=1S/C30H57O10P/c1-3-5-7-9-11-12-13-14-16-17-19-21-29(33)37-25-28(26-39-41(35,36)38-24-27(32)23-31)40-30(34)22-20-18-15-10-8-6-4-2/h9,11,27-28,31-32H,3-8,10,12-26H2,1-2H3,(H,35,36)/b11-9+/t27-,28+/m0/s1. The molecule has 0 amide bonds. The van der Waals surface area contributed by atoms with Crippen LogP contribution in [0.3, 0.4) is 0 Å². The molecular formula is C30H57O10P. The summed E-state index contributed by atoms with van der Waals surface area (Å²) in [5, 5.41) is 18.1. The number of carbonyl (C=O) groups is 2. The van der Waals surface area contributed by atoms with E-state index in [4.69, 9.17) is 19.1 Å². The molecule has 0 aliphatic heterocycles. The molecule has 10 nitrogen and oxygen atoms in total. The van der Waals surface area contributed by atoms with Gasteiger partial charge in [0, 0.05) is 12.8 Å². The molecule has 0 saturated heterocycles. The van der Waals surface area contributed by atoms with Crippen molar-refractivity contribution in [2.45, 2.75) is 142 Å². The summed E-state index contributed by atoms with van der Waals surface area (Å²) in [6.45, 7) is 2.23. The van der Waals surface area contributed by atoms with Gasteiger partial charge in [0.15, 0.2) is 6.10 Å². The fraction of sp³-hybridized carbons (Fsp3) is 0.867. The molecule has 242 valence electrons. The highest BCUT2D eigenvalue weighted by Gasteiger charge is 2.27. The summed E-state index contributed by atoms with van der Waals surface area (Å²) in [7, 11) is -4.59. The van der Waals surface area contributed by atoms with Gasteiger partial charge in [-0.05, 0) is 32.1 Å². The smallest absolute Gasteiger partial charge is 0.462 e. The van der Waals surface area contributed by atoms with Crippen LogP contribution in [-0.4, -0.2) is 65.7 Å². The molecule has 3 atom stereocenters. The van der Waals surface area contributed by atoms with Gasteiger partial charge in [0.25, 0.3) is 0 Å². The molecule has 0 fully saturated rings. The molecule has 0 heterocycles. The molecule has 0 radical (unpaired) electrons. The predicted molar refractivity (Wildman–Crippen MR) is 159 cm³/mol. The van der Waals surface area contributed by atoms with Crippen LogP contribution in [0.5, 0.6) is 0 Å². The molecule has 0 aromatic heterocycles. The largest absolute Gasteiger partial charge is 0.472 e. The van der Waals surface area contributed by atoms with Crippen molar-refractivity contribution in [1.82, 2.24) is 0 Å². The van der Waals surface area contributed by atoms with Crippen molar-refractivity contribution < 1.29 is 47.8 Å². The molecule has 0 saturated carbocycles. The third-order valence-electron chi connectivity index (χ3n) is 6.42. The van der Waals surface area contributed by atoms with Crippen LogP contribution in [0.15, 0.2) is 12.2 Å². The van der Waals surface area contributed by atoms with Crippen LogP contribution in [0.1, 0.15) is 129 Å². The zero-order valence-corrected chi connectivity index (χ0v) is 26.4. The van der Waals surface area contributed by atoms with Gasteiger partial charge in [-0.2, -0.15) is 0 Å². The Labute approximate surface area is 247 Å². The number of allylic oxidation sites excluding steroid dienone is 2. The van der Waals surface area contributed by atoms with Crippen molar-refractivity contribution in [3.8, 4) is 0 Å². The van der Waals surface area contributed by atoms with Gasteiger partial charge < -0.3 is 24.6 Å². The Morgan fingerprint density at radius 1 is 0.707 bits per heavy atom. The van der Waals surface area contributed by atoms with E-state index in [0.29, 0.717) is 12.8 Å². The molecule has 11 heteroatoms. The molecule has 0 spiro atoms. The lowest BCUT2D eigenvalue weighted by Gasteiger charge is -2.20. The second-order valence-electron chi connectivity index (χ2n) is 10.5. The fourth-order valence-corrected chi connectivity index (χ4v) is 4.70. The van der Waals surface area contributed by atoms with E-state index in [2.05, 4.69) is 30.5 Å². The second-order valence-corrected chi connectivity index (χ2v) is 11.9. The van der Waals surface area contributed by atoms with Crippen LogP contribution >= 0.6 is 7.82 Å². The number of aliphatic hydroxyl groups is 2. The number of carbonyl (C=O) groups excluding carboxylic acids is 2. The third-order valence-corrected chi connectivity index (χ3v) is 7.37. The molecular weight excluding hydrogens is 551 g/mol. The van der Waals surface area contributed by atoms with Gasteiger partial charge >= 0.3 is 19.8 Å². The first-order valence-corrected chi connectivity index (χ1v) is 17.1. The first-order valence-electron chi connectivity index (χ1n) is 15.6. The first-order chi connectivity index (χ1) is 19.7. The molecule has 1 unspecified atom stereocenters. The minimum atomic E-state index is -4.59. The van der Waals surface area contributed by atoms with Crippen molar-refractivity contribution in [2.75, 3.05) is 26.4 Å². The number of hydrogen-bond donors (Lipinski definition) is 3. The van der Waals surface area contributed by atoms with E-state index in [-0.39, 0.29) is 19.4 Å². The summed E-state index contributed by atoms with van der Waals surface area (Å²) in [4.78, 5) is 34.4. The second kappa shape index (κ2) is 27.5. The SMILES string of the molecule is CCCC/C=C/CCCCCCCC(=O)OC[C@H](COP(=O)(O)OC[C@@H](O)CO)OC(=O)CCCCCCCCC. The fourth-order valence-electron chi connectivity index (χ4n) is 3.91. The van der Waals surface area contributed by atoms with E-state index >= 15 is 0 Å². The van der Waals surface area contributed by atoms with Crippen molar-refractivity contribution in [3.63, 3.8) is 0 Å². The van der Waals surface area contributed by atoms with E-state index < -0.39 is 51.8 Å². The van der Waals surface area contributed by atoms with E-state index in [0.717, 1.165) is 57.8 Å². The van der Waals surface area contributed by atoms with E-state index in [1.54, 1.807) is 0 Å². The van der Waals surface area contributed by atoms with Crippen molar-refractivity contribution in [3.05, 3.63) is 12.2 Å². The topological polar surface area (TPSA) is 149 Å². The van der Waals surface area contributed by atoms with Gasteiger partial charge in [-0.3, -0.25) is 18.6 Å². The van der Waals surface area contributed by atoms with E-state index in [1.165, 1.54) is 32.1 Å². The summed E-state index contributed by atoms with van der Waals surface area (Å²) < 4.78 is 32.2. The van der Waals surface area contributed by atoms with Crippen molar-refractivity contribution in [2.24, 2.45) is 0 Å². The van der Waals surface area contributed by atoms with Crippen molar-refractivity contribution >= 4 is 19.8 Å². The maximum atomic E-state index is 12.4. The highest BCUT2D eigenvalue weighted by Crippen LogP contribution is 2.43. The lowest BCUT2D eigenvalue weighted by molar-refractivity contribution is -0.161. The molecule has 0 rings (SSSR count). The highest BCUT2D eigenvalue weighted by atomic mass is 31.2. The normalized spacial score (nSPS) is 14.6. The number of ether oxygens (including phenoxy) is 2. The number of unbranched alkanes of at least 4 members (excludes halogenated alkanes) is 13. The zero-order chi connectivity index (χ0) is 30.6. The summed E-state index contributed by atoms with van der Waals surface area (Å²) in [6.07, 6.45) is 19.3. The molecule has 3 N–H and O–H groups in total. The third kappa shape index (κ3) is 27.3. The Morgan fingerprint density at radius 2 is 1.22 bits per heavy atom. The zero-order valence-electron chi connectivity index (χ0n) is 25.5. The number of phosphoric ester groups is 1. The van der Waals surface area contributed by atoms with Gasteiger partial charge in [-0.15, -0.1) is 0 Å². The Bertz CT molecular complexity index is 715. The van der Waals surface area contributed by atoms with Gasteiger partial charge in [-0.1, -0.05) is 96.6 Å². The summed E-state index contributed by atoms with van der Waals surface area (Å²) >= 11 is 0. The Kier molecular flexibility index (Phi) is 26.7. The molecule has 0 aromatic rings. The summed E-state index contributed by atoms with van der Waals surface area (Å²) in [5.41, 5.74) is 0. The van der Waals surface area contributed by atoms with Gasteiger partial charge in [0.05, 0.1) is 19.8 Å². The number of aliphatic hydroxyl groups excluding tert-OH is 2. The predicted octanol–water partition coefficient (Wildman–Crippen LogP) is 6.55. The van der Waals surface area contributed by atoms with Crippen LogP contribution in [0, 0.1) is 0 Å². The maximum Gasteiger partial charge on any atom is 0.472 e. The molecule has 0 aliphatic rings. The maximum absolute atomic E-state index is 12.4. The Hall–Kier alpha value is -1.29.